The molecule has 1 atom stereocenters. The van der Waals surface area contributed by atoms with Gasteiger partial charge < -0.3 is 10.1 Å². The first-order chi connectivity index (χ1) is 14.3. The molecule has 0 saturated heterocycles. The quantitative estimate of drug-likeness (QED) is 0.650. The molecule has 0 aromatic heterocycles. The van der Waals surface area contributed by atoms with Crippen molar-refractivity contribution in [2.45, 2.75) is 41.7 Å². The monoisotopic (exact) mass is 448 g/mol. The van der Waals surface area contributed by atoms with E-state index in [1.165, 1.54) is 28.2 Å². The van der Waals surface area contributed by atoms with E-state index in [2.05, 4.69) is 5.32 Å². The largest absolute Gasteiger partial charge is 0.466 e. The number of ether oxygens (including phenoxy) is 1. The van der Waals surface area contributed by atoms with Crippen LogP contribution < -0.4 is 9.62 Å². The Morgan fingerprint density at radius 2 is 1.97 bits per heavy atom. The molecule has 0 aliphatic carbocycles. The van der Waals surface area contributed by atoms with Crippen LogP contribution in [0.1, 0.15) is 26.7 Å². The second-order valence-corrected chi connectivity index (χ2v) is 10.1. The molecular formula is C21H24N2O5S2. The number of anilines is 2. The van der Waals surface area contributed by atoms with Gasteiger partial charge in [0.2, 0.25) is 5.91 Å². The van der Waals surface area contributed by atoms with Gasteiger partial charge in [-0.15, -0.1) is 11.8 Å². The zero-order chi connectivity index (χ0) is 21.7. The van der Waals surface area contributed by atoms with Gasteiger partial charge in [-0.05, 0) is 37.3 Å². The van der Waals surface area contributed by atoms with Crippen LogP contribution in [0.25, 0.3) is 0 Å². The SMILES string of the molecule is CCOC(=O)CCN(c1ccccc1)S(=O)(=O)c1ccc2c(c1)NC(=O)C[C@@H](C)S2. The molecule has 0 spiro atoms. The molecule has 1 aliphatic rings. The molecule has 1 heterocycles. The predicted molar refractivity (Wildman–Crippen MR) is 117 cm³/mol. The first-order valence-corrected chi connectivity index (χ1v) is 12.0. The van der Waals surface area contributed by atoms with E-state index < -0.39 is 16.0 Å². The van der Waals surface area contributed by atoms with Gasteiger partial charge >= 0.3 is 5.97 Å². The van der Waals surface area contributed by atoms with Crippen LogP contribution in [0, 0.1) is 0 Å². The lowest BCUT2D eigenvalue weighted by Crippen LogP contribution is -2.33. The number of fused-ring (bicyclic) bond motifs is 1. The Morgan fingerprint density at radius 3 is 2.67 bits per heavy atom. The van der Waals surface area contributed by atoms with Gasteiger partial charge in [0.1, 0.15) is 0 Å². The Morgan fingerprint density at radius 1 is 1.23 bits per heavy atom. The number of benzene rings is 2. The van der Waals surface area contributed by atoms with E-state index in [4.69, 9.17) is 4.74 Å². The minimum atomic E-state index is -3.98. The van der Waals surface area contributed by atoms with Crippen molar-refractivity contribution in [3.63, 3.8) is 0 Å². The number of amides is 1. The van der Waals surface area contributed by atoms with E-state index in [1.54, 1.807) is 43.3 Å². The second kappa shape index (κ2) is 9.53. The Bertz CT molecular complexity index is 1020. The molecule has 1 N–H and O–H groups in total. The third kappa shape index (κ3) is 5.14. The van der Waals surface area contributed by atoms with Crippen LogP contribution in [0.15, 0.2) is 58.3 Å². The van der Waals surface area contributed by atoms with Crippen molar-refractivity contribution in [3.05, 3.63) is 48.5 Å². The highest BCUT2D eigenvalue weighted by molar-refractivity contribution is 8.00. The fourth-order valence-electron chi connectivity index (χ4n) is 3.13. The Hall–Kier alpha value is -2.52. The molecule has 0 radical (unpaired) electrons. The van der Waals surface area contributed by atoms with Gasteiger partial charge in [0.05, 0.1) is 29.3 Å². The number of sulfonamides is 1. The number of esters is 1. The lowest BCUT2D eigenvalue weighted by molar-refractivity contribution is -0.142. The van der Waals surface area contributed by atoms with Crippen molar-refractivity contribution in [3.8, 4) is 0 Å². The highest BCUT2D eigenvalue weighted by Crippen LogP contribution is 2.37. The molecule has 2 aromatic carbocycles. The maximum Gasteiger partial charge on any atom is 0.307 e. The lowest BCUT2D eigenvalue weighted by Gasteiger charge is -2.24. The first-order valence-electron chi connectivity index (χ1n) is 9.65. The molecule has 0 saturated carbocycles. The Kier molecular flexibility index (Phi) is 7.04. The number of para-hydroxylation sites is 1. The van der Waals surface area contributed by atoms with E-state index in [0.29, 0.717) is 17.8 Å². The van der Waals surface area contributed by atoms with E-state index in [1.807, 2.05) is 6.92 Å². The van der Waals surface area contributed by atoms with Crippen LogP contribution in [0.4, 0.5) is 11.4 Å². The number of nitrogens with one attached hydrogen (secondary N) is 1. The summed E-state index contributed by atoms with van der Waals surface area (Å²) in [5.74, 6) is -0.612. The molecule has 2 aromatic rings. The minimum Gasteiger partial charge on any atom is -0.466 e. The van der Waals surface area contributed by atoms with E-state index >= 15 is 0 Å². The number of hydrogen-bond donors (Lipinski definition) is 1. The Balaban J connectivity index is 1.96. The summed E-state index contributed by atoms with van der Waals surface area (Å²) < 4.78 is 33.1. The van der Waals surface area contributed by atoms with Gasteiger partial charge in [0.25, 0.3) is 10.0 Å². The number of rotatable bonds is 7. The average Bonchev–Trinajstić information content (AvgIpc) is 2.84. The minimum absolute atomic E-state index is 0.0458. The van der Waals surface area contributed by atoms with Gasteiger partial charge in [0.15, 0.2) is 0 Å². The lowest BCUT2D eigenvalue weighted by atomic mass is 10.3. The van der Waals surface area contributed by atoms with Gasteiger partial charge in [-0.25, -0.2) is 8.42 Å². The fraction of sp³-hybridized carbons (Fsp3) is 0.333. The smallest absolute Gasteiger partial charge is 0.307 e. The van der Waals surface area contributed by atoms with Crippen LogP contribution in [-0.2, 0) is 24.3 Å². The van der Waals surface area contributed by atoms with Crippen LogP contribution in [0.5, 0.6) is 0 Å². The van der Waals surface area contributed by atoms with Crippen LogP contribution >= 0.6 is 11.8 Å². The summed E-state index contributed by atoms with van der Waals surface area (Å²) in [6.45, 7) is 3.83. The number of carbonyl (C=O) groups is 2. The summed E-state index contributed by atoms with van der Waals surface area (Å²) >= 11 is 1.53. The maximum atomic E-state index is 13.5. The standard InChI is InChI=1S/C21H24N2O5S2/c1-3-28-21(25)11-12-23(16-7-5-4-6-8-16)30(26,27)17-9-10-19-18(14-17)22-20(24)13-15(2)29-19/h4-10,14-15H,3,11-13H2,1-2H3,(H,22,24)/t15-/m1/s1. The molecule has 30 heavy (non-hydrogen) atoms. The summed E-state index contributed by atoms with van der Waals surface area (Å²) in [7, 11) is -3.98. The van der Waals surface area contributed by atoms with Crippen LogP contribution in [0.3, 0.4) is 0 Å². The second-order valence-electron chi connectivity index (χ2n) is 6.81. The van der Waals surface area contributed by atoms with Gasteiger partial charge in [-0.1, -0.05) is 25.1 Å². The van der Waals surface area contributed by atoms with Crippen molar-refractivity contribution in [1.82, 2.24) is 0 Å². The molecule has 0 fully saturated rings. The van der Waals surface area contributed by atoms with E-state index in [9.17, 15) is 18.0 Å². The summed E-state index contributed by atoms with van der Waals surface area (Å²) in [5, 5.41) is 2.89. The van der Waals surface area contributed by atoms with E-state index in [-0.39, 0.29) is 35.6 Å². The van der Waals surface area contributed by atoms with Crippen molar-refractivity contribution >= 4 is 45.0 Å². The van der Waals surface area contributed by atoms with Crippen molar-refractivity contribution in [1.29, 1.82) is 0 Å². The zero-order valence-electron chi connectivity index (χ0n) is 16.8. The molecule has 160 valence electrons. The fourth-order valence-corrected chi connectivity index (χ4v) is 5.67. The summed E-state index contributed by atoms with van der Waals surface area (Å²) in [4.78, 5) is 24.8. The highest BCUT2D eigenvalue weighted by Gasteiger charge is 2.28. The summed E-state index contributed by atoms with van der Waals surface area (Å²) in [5.41, 5.74) is 0.928. The third-order valence-electron chi connectivity index (χ3n) is 4.48. The molecule has 7 nitrogen and oxygen atoms in total. The molecular weight excluding hydrogens is 424 g/mol. The first kappa shape index (κ1) is 22.2. The number of carbonyl (C=O) groups excluding carboxylic acids is 2. The van der Waals surface area contributed by atoms with Crippen molar-refractivity contribution in [2.24, 2.45) is 0 Å². The molecule has 1 aliphatic heterocycles. The van der Waals surface area contributed by atoms with Crippen molar-refractivity contribution < 1.29 is 22.7 Å². The summed E-state index contributed by atoms with van der Waals surface area (Å²) in [6, 6.07) is 13.3. The Labute approximate surface area is 180 Å². The number of thioether (sulfide) groups is 1. The third-order valence-corrected chi connectivity index (χ3v) is 7.48. The normalized spacial score (nSPS) is 16.2. The average molecular weight is 449 g/mol. The van der Waals surface area contributed by atoms with Crippen LogP contribution in [0.2, 0.25) is 0 Å². The van der Waals surface area contributed by atoms with Crippen LogP contribution in [-0.4, -0.2) is 38.7 Å². The van der Waals surface area contributed by atoms with Gasteiger partial charge in [-0.3, -0.25) is 13.9 Å². The van der Waals surface area contributed by atoms with Gasteiger partial charge in [0, 0.05) is 23.1 Å². The number of hydrogen-bond acceptors (Lipinski definition) is 6. The maximum absolute atomic E-state index is 13.5. The number of nitrogens with zero attached hydrogens (tertiary/aromatic N) is 1. The molecule has 9 heteroatoms. The molecule has 1 amide bonds. The molecule has 0 unspecified atom stereocenters. The zero-order valence-corrected chi connectivity index (χ0v) is 18.5. The highest BCUT2D eigenvalue weighted by atomic mass is 32.2. The molecule has 3 rings (SSSR count). The topological polar surface area (TPSA) is 92.8 Å². The van der Waals surface area contributed by atoms with E-state index in [0.717, 1.165) is 4.90 Å². The predicted octanol–water partition coefficient (Wildman–Crippen LogP) is 3.66. The molecule has 0 bridgehead atoms. The van der Waals surface area contributed by atoms with Gasteiger partial charge in [-0.2, -0.15) is 0 Å². The van der Waals surface area contributed by atoms with Crippen molar-refractivity contribution in [2.75, 3.05) is 22.8 Å². The summed E-state index contributed by atoms with van der Waals surface area (Å²) in [6.07, 6.45) is 0.286.